The first-order valence-corrected chi connectivity index (χ1v) is 10.4. The van der Waals surface area contributed by atoms with Gasteiger partial charge in [-0.05, 0) is 47.7 Å². The molecule has 0 heterocycles. The van der Waals surface area contributed by atoms with Crippen LogP contribution >= 0.6 is 0 Å². The zero-order valence-electron chi connectivity index (χ0n) is 18.0. The van der Waals surface area contributed by atoms with Crippen molar-refractivity contribution in [1.82, 2.24) is 5.32 Å². The fourth-order valence-corrected chi connectivity index (χ4v) is 3.28. The van der Waals surface area contributed by atoms with Gasteiger partial charge in [0.2, 0.25) is 5.91 Å². The van der Waals surface area contributed by atoms with Gasteiger partial charge in [-0.15, -0.1) is 0 Å². The van der Waals surface area contributed by atoms with Crippen molar-refractivity contribution in [3.8, 4) is 0 Å². The van der Waals surface area contributed by atoms with Crippen LogP contribution in [0.15, 0.2) is 78.9 Å². The molecule has 0 radical (unpaired) electrons. The van der Waals surface area contributed by atoms with Crippen molar-refractivity contribution in [3.63, 3.8) is 0 Å². The number of carbonyl (C=O) groups is 3. The summed E-state index contributed by atoms with van der Waals surface area (Å²) in [6, 6.07) is 24.9. The average Bonchev–Trinajstić information content (AvgIpc) is 2.83. The van der Waals surface area contributed by atoms with Crippen molar-refractivity contribution in [1.29, 1.82) is 0 Å². The fraction of sp³-hybridized carbons (Fsp3) is 0.192. The van der Waals surface area contributed by atoms with E-state index < -0.39 is 5.97 Å². The van der Waals surface area contributed by atoms with E-state index in [1.165, 1.54) is 12.7 Å². The molecule has 0 bridgehead atoms. The molecule has 0 aliphatic heterocycles. The lowest BCUT2D eigenvalue weighted by Crippen LogP contribution is -2.31. The van der Waals surface area contributed by atoms with Gasteiger partial charge in [-0.1, -0.05) is 60.7 Å². The Labute approximate surface area is 187 Å². The van der Waals surface area contributed by atoms with Crippen molar-refractivity contribution in [2.45, 2.75) is 19.3 Å². The van der Waals surface area contributed by atoms with Gasteiger partial charge in [-0.25, -0.2) is 0 Å². The van der Waals surface area contributed by atoms with E-state index in [9.17, 15) is 14.4 Å². The molecule has 2 N–H and O–H groups in total. The third-order valence-electron chi connectivity index (χ3n) is 5.02. The fourth-order valence-electron chi connectivity index (χ4n) is 3.28. The Morgan fingerprint density at radius 3 is 2.19 bits per heavy atom. The largest absolute Gasteiger partial charge is 0.468 e. The Hall–Kier alpha value is -3.93. The first-order chi connectivity index (χ1) is 15.5. The quantitative estimate of drug-likeness (QED) is 0.509. The summed E-state index contributed by atoms with van der Waals surface area (Å²) in [5.74, 6) is -0.947. The SMILES string of the molecule is COC(=O)CNC(=O)Cc1ccc(NC(=O)c2ccccc2CCc2ccccc2)cc1. The molecule has 0 atom stereocenters. The number of anilines is 1. The summed E-state index contributed by atoms with van der Waals surface area (Å²) in [7, 11) is 1.27. The van der Waals surface area contributed by atoms with Crippen molar-refractivity contribution < 1.29 is 19.1 Å². The van der Waals surface area contributed by atoms with Gasteiger partial charge in [0.25, 0.3) is 5.91 Å². The van der Waals surface area contributed by atoms with Crippen LogP contribution < -0.4 is 10.6 Å². The summed E-state index contributed by atoms with van der Waals surface area (Å²) in [6.07, 6.45) is 1.76. The minimum Gasteiger partial charge on any atom is -0.468 e. The van der Waals surface area contributed by atoms with Crippen molar-refractivity contribution >= 4 is 23.5 Å². The number of esters is 1. The number of hydrogen-bond donors (Lipinski definition) is 2. The zero-order chi connectivity index (χ0) is 22.8. The molecule has 3 rings (SSSR count). The van der Waals surface area contributed by atoms with E-state index in [2.05, 4.69) is 27.5 Å². The summed E-state index contributed by atoms with van der Waals surface area (Å²) >= 11 is 0. The average molecular weight is 431 g/mol. The molecule has 3 aromatic rings. The number of methoxy groups -OCH3 is 1. The summed E-state index contributed by atoms with van der Waals surface area (Å²) in [5.41, 5.74) is 4.29. The predicted octanol–water partition coefficient (Wildman–Crippen LogP) is 3.56. The molecule has 32 heavy (non-hydrogen) atoms. The van der Waals surface area contributed by atoms with Crippen LogP contribution in [-0.4, -0.2) is 31.4 Å². The third-order valence-corrected chi connectivity index (χ3v) is 5.02. The molecule has 164 valence electrons. The molecule has 6 heteroatoms. The molecule has 3 aromatic carbocycles. The van der Waals surface area contributed by atoms with Crippen LogP contribution in [0.2, 0.25) is 0 Å². The van der Waals surface area contributed by atoms with E-state index >= 15 is 0 Å². The van der Waals surface area contributed by atoms with Crippen LogP contribution in [0.25, 0.3) is 0 Å². The van der Waals surface area contributed by atoms with E-state index in [4.69, 9.17) is 0 Å². The normalized spacial score (nSPS) is 10.3. The van der Waals surface area contributed by atoms with Crippen LogP contribution in [0, 0.1) is 0 Å². The molecule has 0 aliphatic carbocycles. The number of benzene rings is 3. The highest BCUT2D eigenvalue weighted by molar-refractivity contribution is 6.05. The van der Waals surface area contributed by atoms with Gasteiger partial charge in [-0.3, -0.25) is 14.4 Å². The summed E-state index contributed by atoms with van der Waals surface area (Å²) in [4.78, 5) is 35.9. The number of ether oxygens (including phenoxy) is 1. The van der Waals surface area contributed by atoms with E-state index in [0.717, 1.165) is 24.0 Å². The highest BCUT2D eigenvalue weighted by Crippen LogP contribution is 2.16. The number of nitrogens with one attached hydrogen (secondary N) is 2. The van der Waals surface area contributed by atoms with Crippen LogP contribution in [0.5, 0.6) is 0 Å². The lowest BCUT2D eigenvalue weighted by atomic mass is 9.99. The maximum Gasteiger partial charge on any atom is 0.325 e. The molecule has 0 fully saturated rings. The first-order valence-electron chi connectivity index (χ1n) is 10.4. The Balaban J connectivity index is 1.58. The number of aryl methyl sites for hydroxylation is 2. The molecule has 0 aliphatic rings. The first kappa shape index (κ1) is 22.7. The van der Waals surface area contributed by atoms with Crippen molar-refractivity contribution in [2.75, 3.05) is 19.0 Å². The molecule has 0 spiro atoms. The van der Waals surface area contributed by atoms with E-state index in [0.29, 0.717) is 11.3 Å². The molecule has 2 amide bonds. The summed E-state index contributed by atoms with van der Waals surface area (Å²) in [6.45, 7) is -0.160. The number of hydrogen-bond acceptors (Lipinski definition) is 4. The lowest BCUT2D eigenvalue weighted by Gasteiger charge is -2.11. The Kier molecular flexibility index (Phi) is 8.15. The Morgan fingerprint density at radius 1 is 0.781 bits per heavy atom. The minimum absolute atomic E-state index is 0.132. The minimum atomic E-state index is -0.500. The molecule has 0 saturated carbocycles. The summed E-state index contributed by atoms with van der Waals surface area (Å²) < 4.78 is 4.49. The molecule has 6 nitrogen and oxygen atoms in total. The van der Waals surface area contributed by atoms with Gasteiger partial charge in [0, 0.05) is 11.3 Å². The highest BCUT2D eigenvalue weighted by atomic mass is 16.5. The molecular weight excluding hydrogens is 404 g/mol. The smallest absolute Gasteiger partial charge is 0.325 e. The maximum absolute atomic E-state index is 12.9. The van der Waals surface area contributed by atoms with Gasteiger partial charge in [-0.2, -0.15) is 0 Å². The molecule has 0 saturated heterocycles. The molecule has 0 aromatic heterocycles. The third kappa shape index (κ3) is 6.80. The topological polar surface area (TPSA) is 84.5 Å². The monoisotopic (exact) mass is 430 g/mol. The summed E-state index contributed by atoms with van der Waals surface area (Å²) in [5, 5.41) is 5.42. The Morgan fingerprint density at radius 2 is 1.47 bits per heavy atom. The molecule has 0 unspecified atom stereocenters. The van der Waals surface area contributed by atoms with Crippen LogP contribution in [0.3, 0.4) is 0 Å². The van der Waals surface area contributed by atoms with Gasteiger partial charge in [0.05, 0.1) is 13.5 Å². The molecular formula is C26H26N2O4. The van der Waals surface area contributed by atoms with Crippen LogP contribution in [-0.2, 0) is 33.6 Å². The van der Waals surface area contributed by atoms with Crippen molar-refractivity contribution in [3.05, 3.63) is 101 Å². The second-order valence-corrected chi connectivity index (χ2v) is 7.32. The number of carbonyl (C=O) groups excluding carboxylic acids is 3. The van der Waals surface area contributed by atoms with E-state index in [1.54, 1.807) is 24.3 Å². The standard InChI is InChI=1S/C26H26N2O4/c1-32-25(30)18-27-24(29)17-20-12-15-22(16-13-20)28-26(31)23-10-6-5-9-21(23)14-11-19-7-3-2-4-8-19/h2-10,12-13,15-16H,11,14,17-18H2,1H3,(H,27,29)(H,28,31). The Bertz CT molecular complexity index is 1060. The number of amides is 2. The maximum atomic E-state index is 12.9. The van der Waals surface area contributed by atoms with Gasteiger partial charge >= 0.3 is 5.97 Å². The highest BCUT2D eigenvalue weighted by Gasteiger charge is 2.12. The van der Waals surface area contributed by atoms with Gasteiger partial charge in [0.1, 0.15) is 6.54 Å². The van der Waals surface area contributed by atoms with Gasteiger partial charge < -0.3 is 15.4 Å². The second kappa shape index (κ2) is 11.5. The van der Waals surface area contributed by atoms with E-state index in [-0.39, 0.29) is 24.8 Å². The second-order valence-electron chi connectivity index (χ2n) is 7.32. The predicted molar refractivity (Wildman–Crippen MR) is 123 cm³/mol. The van der Waals surface area contributed by atoms with Crippen LogP contribution in [0.4, 0.5) is 5.69 Å². The van der Waals surface area contributed by atoms with Crippen molar-refractivity contribution in [2.24, 2.45) is 0 Å². The van der Waals surface area contributed by atoms with Crippen LogP contribution in [0.1, 0.15) is 27.0 Å². The number of rotatable bonds is 9. The van der Waals surface area contributed by atoms with E-state index in [1.807, 2.05) is 42.5 Å². The zero-order valence-corrected chi connectivity index (χ0v) is 18.0. The van der Waals surface area contributed by atoms with Gasteiger partial charge in [0.15, 0.2) is 0 Å². The lowest BCUT2D eigenvalue weighted by molar-refractivity contribution is -0.141.